The summed E-state index contributed by atoms with van der Waals surface area (Å²) in [5.41, 5.74) is 3.46. The first-order valence-electron chi connectivity index (χ1n) is 13.0. The second kappa shape index (κ2) is 11.6. The van der Waals surface area contributed by atoms with Crippen molar-refractivity contribution < 1.29 is 4.79 Å². The van der Waals surface area contributed by atoms with Crippen LogP contribution in [-0.2, 0) is 0 Å². The van der Waals surface area contributed by atoms with E-state index in [1.54, 1.807) is 12.3 Å². The van der Waals surface area contributed by atoms with Gasteiger partial charge in [-0.15, -0.1) is 0 Å². The van der Waals surface area contributed by atoms with Gasteiger partial charge in [0.2, 0.25) is 0 Å². The molecule has 2 aromatic carbocycles. The number of pyridine rings is 1. The Morgan fingerprint density at radius 2 is 1.77 bits per heavy atom. The Labute approximate surface area is 230 Å². The number of rotatable bonds is 8. The number of benzene rings is 2. The van der Waals surface area contributed by atoms with Crippen LogP contribution in [0.2, 0.25) is 0 Å². The molecule has 0 radical (unpaired) electrons. The van der Waals surface area contributed by atoms with Gasteiger partial charge in [0.05, 0.1) is 5.69 Å². The average molecular weight is 537 g/mol. The quantitative estimate of drug-likeness (QED) is 0.268. The van der Waals surface area contributed by atoms with Gasteiger partial charge in [0.1, 0.15) is 26.9 Å². The van der Waals surface area contributed by atoms with Crippen molar-refractivity contribution in [1.82, 2.24) is 30.2 Å². The molecule has 4 heterocycles. The van der Waals surface area contributed by atoms with Crippen LogP contribution in [0.25, 0.3) is 32.3 Å². The molecule has 0 atom stereocenters. The molecule has 39 heavy (non-hydrogen) atoms. The van der Waals surface area contributed by atoms with Crippen molar-refractivity contribution in [3.05, 3.63) is 84.7 Å². The molecule has 0 spiro atoms. The van der Waals surface area contributed by atoms with Crippen LogP contribution in [0.3, 0.4) is 0 Å². The summed E-state index contributed by atoms with van der Waals surface area (Å²) in [5, 5.41) is 10.6. The molecule has 0 saturated carbocycles. The molecule has 9 nitrogen and oxygen atoms in total. The Balaban J connectivity index is 1.26. The molecule has 0 bridgehead atoms. The zero-order valence-corrected chi connectivity index (χ0v) is 22.1. The zero-order valence-electron chi connectivity index (χ0n) is 21.3. The molecule has 1 fully saturated rings. The maximum absolute atomic E-state index is 13.6. The number of piperazine rings is 1. The van der Waals surface area contributed by atoms with Gasteiger partial charge in [-0.3, -0.25) is 9.69 Å². The average Bonchev–Trinajstić information content (AvgIpc) is 3.43. The summed E-state index contributed by atoms with van der Waals surface area (Å²) in [6.07, 6.45) is 1.76. The van der Waals surface area contributed by atoms with Gasteiger partial charge in [0, 0.05) is 62.7 Å². The van der Waals surface area contributed by atoms with E-state index in [2.05, 4.69) is 30.8 Å². The topological polar surface area (TPSA) is 108 Å². The highest BCUT2D eigenvalue weighted by molar-refractivity contribution is 7.21. The first kappa shape index (κ1) is 25.1. The van der Waals surface area contributed by atoms with Gasteiger partial charge in [-0.2, -0.15) is 0 Å². The second-order valence-electron chi connectivity index (χ2n) is 9.19. The molecule has 1 saturated heterocycles. The van der Waals surface area contributed by atoms with Crippen molar-refractivity contribution in [2.24, 2.45) is 0 Å². The normalized spacial score (nSPS) is 13.8. The summed E-state index contributed by atoms with van der Waals surface area (Å²) in [7, 11) is 0. The predicted octanol–water partition coefficient (Wildman–Crippen LogP) is 4.38. The monoisotopic (exact) mass is 536 g/mol. The van der Waals surface area contributed by atoms with Crippen molar-refractivity contribution in [2.45, 2.75) is 0 Å². The Morgan fingerprint density at radius 1 is 0.949 bits per heavy atom. The lowest BCUT2D eigenvalue weighted by atomic mass is 10.1. The van der Waals surface area contributed by atoms with Crippen molar-refractivity contribution in [2.75, 3.05) is 49.9 Å². The standard InChI is InChI=1S/C29H28N8OS/c38-27(34-22-10-5-4-9-21(22)28-35-23-11-6-12-32-29(23)39-28)24-19-25(31-15-18-37-16-13-30-14-17-37)36-26(33-24)20-7-2-1-3-8-20/h1-12,19,30H,13-18H2,(H,34,38)(H,31,33,36). The Bertz CT molecular complexity index is 1550. The second-order valence-corrected chi connectivity index (χ2v) is 10.2. The van der Waals surface area contributed by atoms with Gasteiger partial charge < -0.3 is 16.0 Å². The van der Waals surface area contributed by atoms with Crippen LogP contribution >= 0.6 is 11.3 Å². The van der Waals surface area contributed by atoms with Crippen LogP contribution < -0.4 is 16.0 Å². The minimum Gasteiger partial charge on any atom is -0.369 e. The predicted molar refractivity (Wildman–Crippen MR) is 156 cm³/mol. The molecule has 3 N–H and O–H groups in total. The number of nitrogens with one attached hydrogen (secondary N) is 3. The largest absolute Gasteiger partial charge is 0.369 e. The number of carbonyl (C=O) groups is 1. The highest BCUT2D eigenvalue weighted by Crippen LogP contribution is 2.33. The van der Waals surface area contributed by atoms with E-state index < -0.39 is 0 Å². The van der Waals surface area contributed by atoms with E-state index in [4.69, 9.17) is 9.97 Å². The van der Waals surface area contributed by atoms with E-state index in [1.807, 2.05) is 66.7 Å². The molecular weight excluding hydrogens is 508 g/mol. The van der Waals surface area contributed by atoms with E-state index in [-0.39, 0.29) is 11.6 Å². The minimum atomic E-state index is -0.313. The maximum Gasteiger partial charge on any atom is 0.274 e. The fourth-order valence-electron chi connectivity index (χ4n) is 4.50. The lowest BCUT2D eigenvalue weighted by Crippen LogP contribution is -2.45. The molecule has 0 aliphatic carbocycles. The summed E-state index contributed by atoms with van der Waals surface area (Å²) in [5.74, 6) is 0.805. The van der Waals surface area contributed by atoms with Crippen LogP contribution in [0.1, 0.15) is 10.5 Å². The first-order chi connectivity index (χ1) is 19.2. The third-order valence-electron chi connectivity index (χ3n) is 6.51. The fraction of sp³-hybridized carbons (Fsp3) is 0.207. The first-order valence-corrected chi connectivity index (χ1v) is 13.8. The highest BCUT2D eigenvalue weighted by atomic mass is 32.1. The Morgan fingerprint density at radius 3 is 2.62 bits per heavy atom. The molecule has 6 rings (SSSR count). The number of amides is 1. The minimum absolute atomic E-state index is 0.286. The summed E-state index contributed by atoms with van der Waals surface area (Å²) in [6, 6.07) is 22.9. The third-order valence-corrected chi connectivity index (χ3v) is 7.52. The smallest absolute Gasteiger partial charge is 0.274 e. The molecule has 1 amide bonds. The van der Waals surface area contributed by atoms with E-state index >= 15 is 0 Å². The van der Waals surface area contributed by atoms with Crippen LogP contribution in [0.15, 0.2) is 79.0 Å². The van der Waals surface area contributed by atoms with Crippen molar-refractivity contribution in [3.63, 3.8) is 0 Å². The number of anilines is 2. The number of fused-ring (bicyclic) bond motifs is 1. The fourth-order valence-corrected chi connectivity index (χ4v) is 5.44. The Hall–Kier alpha value is -4.25. The number of hydrogen-bond acceptors (Lipinski definition) is 9. The summed E-state index contributed by atoms with van der Waals surface area (Å²) < 4.78 is 0. The number of para-hydroxylation sites is 1. The summed E-state index contributed by atoms with van der Waals surface area (Å²) in [6.45, 7) is 5.69. The number of carbonyl (C=O) groups excluding carboxylic acids is 1. The molecule has 10 heteroatoms. The van der Waals surface area contributed by atoms with Gasteiger partial charge in [-0.25, -0.2) is 19.9 Å². The molecule has 1 aliphatic heterocycles. The maximum atomic E-state index is 13.6. The van der Waals surface area contributed by atoms with Gasteiger partial charge >= 0.3 is 0 Å². The van der Waals surface area contributed by atoms with E-state index in [9.17, 15) is 4.79 Å². The van der Waals surface area contributed by atoms with Crippen molar-refractivity contribution in [1.29, 1.82) is 0 Å². The molecule has 0 unspecified atom stereocenters. The zero-order chi connectivity index (χ0) is 26.4. The number of thiazole rings is 1. The number of aromatic nitrogens is 4. The van der Waals surface area contributed by atoms with E-state index in [0.717, 1.165) is 65.8 Å². The lowest BCUT2D eigenvalue weighted by Gasteiger charge is -2.27. The lowest BCUT2D eigenvalue weighted by molar-refractivity contribution is 0.102. The van der Waals surface area contributed by atoms with Crippen molar-refractivity contribution in [3.8, 4) is 22.0 Å². The summed E-state index contributed by atoms with van der Waals surface area (Å²) >= 11 is 1.49. The van der Waals surface area contributed by atoms with Gasteiger partial charge in [-0.05, 0) is 24.3 Å². The van der Waals surface area contributed by atoms with Crippen LogP contribution in [0.4, 0.5) is 11.5 Å². The molecule has 1 aliphatic rings. The van der Waals surface area contributed by atoms with Gasteiger partial charge in [-0.1, -0.05) is 53.8 Å². The van der Waals surface area contributed by atoms with Gasteiger partial charge in [0.15, 0.2) is 5.82 Å². The van der Waals surface area contributed by atoms with E-state index in [0.29, 0.717) is 17.3 Å². The van der Waals surface area contributed by atoms with Crippen molar-refractivity contribution >= 4 is 39.1 Å². The third kappa shape index (κ3) is 5.93. The number of hydrogen-bond donors (Lipinski definition) is 3. The molecule has 3 aromatic heterocycles. The molecule has 5 aromatic rings. The van der Waals surface area contributed by atoms with Crippen LogP contribution in [0.5, 0.6) is 0 Å². The molecule has 196 valence electrons. The number of nitrogens with zero attached hydrogens (tertiary/aromatic N) is 5. The van der Waals surface area contributed by atoms with Crippen LogP contribution in [-0.4, -0.2) is 70.0 Å². The Kier molecular flexibility index (Phi) is 7.48. The molecular formula is C29H28N8OS. The SMILES string of the molecule is O=C(Nc1ccccc1-c1nc2cccnc2s1)c1cc(NCCN2CCNCC2)nc(-c2ccccc2)n1. The summed E-state index contributed by atoms with van der Waals surface area (Å²) in [4.78, 5) is 35.3. The van der Waals surface area contributed by atoms with E-state index in [1.165, 1.54) is 11.3 Å². The van der Waals surface area contributed by atoms with Crippen LogP contribution in [0, 0.1) is 0 Å². The van der Waals surface area contributed by atoms with Gasteiger partial charge in [0.25, 0.3) is 5.91 Å². The highest BCUT2D eigenvalue weighted by Gasteiger charge is 2.17.